The Morgan fingerprint density at radius 1 is 1.07 bits per heavy atom. The van der Waals surface area contributed by atoms with Gasteiger partial charge >= 0.3 is 0 Å². The summed E-state index contributed by atoms with van der Waals surface area (Å²) in [5, 5.41) is 9.96. The Balaban J connectivity index is 1.37. The molecule has 144 valence electrons. The van der Waals surface area contributed by atoms with Crippen molar-refractivity contribution < 1.29 is 4.79 Å². The molecule has 6 heteroatoms. The van der Waals surface area contributed by atoms with Crippen LogP contribution >= 0.6 is 11.8 Å². The van der Waals surface area contributed by atoms with Gasteiger partial charge in [-0.2, -0.15) is 16.9 Å². The normalized spacial score (nSPS) is 14.7. The second-order valence-corrected chi connectivity index (χ2v) is 8.10. The van der Waals surface area contributed by atoms with Gasteiger partial charge in [0.25, 0.3) is 5.91 Å². The lowest BCUT2D eigenvalue weighted by Crippen LogP contribution is -2.34. The molecule has 1 aliphatic heterocycles. The lowest BCUT2D eigenvalue weighted by molar-refractivity contribution is 0.102. The molecule has 1 saturated heterocycles. The number of hydrogen-bond acceptors (Lipinski definition) is 4. The number of rotatable bonds is 6. The SMILES string of the molecule is O=C(Nc1ccc(CCN2CCSCC2)cc1)c1cn[nH]c1-c1ccccc1. The summed E-state index contributed by atoms with van der Waals surface area (Å²) in [4.78, 5) is 15.2. The minimum atomic E-state index is -0.161. The number of nitrogens with one attached hydrogen (secondary N) is 2. The summed E-state index contributed by atoms with van der Waals surface area (Å²) in [5.41, 5.74) is 4.30. The molecule has 0 aliphatic carbocycles. The molecule has 0 spiro atoms. The number of carbonyl (C=O) groups is 1. The van der Waals surface area contributed by atoms with Crippen molar-refractivity contribution in [2.75, 3.05) is 36.5 Å². The van der Waals surface area contributed by atoms with Gasteiger partial charge in [-0.05, 0) is 24.1 Å². The van der Waals surface area contributed by atoms with Crippen molar-refractivity contribution in [3.8, 4) is 11.3 Å². The molecule has 0 bridgehead atoms. The number of hydrogen-bond donors (Lipinski definition) is 2. The molecule has 2 N–H and O–H groups in total. The molecule has 0 unspecified atom stereocenters. The quantitative estimate of drug-likeness (QED) is 0.667. The largest absolute Gasteiger partial charge is 0.322 e. The summed E-state index contributed by atoms with van der Waals surface area (Å²) in [7, 11) is 0. The van der Waals surface area contributed by atoms with E-state index in [1.54, 1.807) is 6.20 Å². The molecule has 1 aromatic heterocycles. The molecule has 0 atom stereocenters. The van der Waals surface area contributed by atoms with E-state index in [1.807, 2.05) is 54.2 Å². The second-order valence-electron chi connectivity index (χ2n) is 6.88. The van der Waals surface area contributed by atoms with Crippen LogP contribution in [0.2, 0.25) is 0 Å². The maximum Gasteiger partial charge on any atom is 0.259 e. The number of carbonyl (C=O) groups excluding carboxylic acids is 1. The molecule has 1 fully saturated rings. The zero-order valence-electron chi connectivity index (χ0n) is 15.7. The van der Waals surface area contributed by atoms with E-state index >= 15 is 0 Å². The van der Waals surface area contributed by atoms with Crippen LogP contribution in [-0.4, -0.2) is 52.1 Å². The van der Waals surface area contributed by atoms with Gasteiger partial charge in [-0.3, -0.25) is 9.89 Å². The summed E-state index contributed by atoms with van der Waals surface area (Å²) >= 11 is 2.04. The van der Waals surface area contributed by atoms with Crippen molar-refractivity contribution >= 4 is 23.4 Å². The summed E-state index contributed by atoms with van der Waals surface area (Å²) < 4.78 is 0. The predicted octanol–water partition coefficient (Wildman–Crippen LogP) is 3.92. The van der Waals surface area contributed by atoms with E-state index < -0.39 is 0 Å². The van der Waals surface area contributed by atoms with Crippen molar-refractivity contribution in [3.05, 3.63) is 71.9 Å². The highest BCUT2D eigenvalue weighted by molar-refractivity contribution is 7.99. The Bertz CT molecular complexity index is 902. The zero-order valence-corrected chi connectivity index (χ0v) is 16.5. The Morgan fingerprint density at radius 3 is 2.57 bits per heavy atom. The van der Waals surface area contributed by atoms with Gasteiger partial charge < -0.3 is 10.2 Å². The monoisotopic (exact) mass is 392 g/mol. The smallest absolute Gasteiger partial charge is 0.259 e. The molecule has 2 aromatic carbocycles. The van der Waals surface area contributed by atoms with Crippen molar-refractivity contribution in [1.82, 2.24) is 15.1 Å². The fourth-order valence-electron chi connectivity index (χ4n) is 3.35. The van der Waals surface area contributed by atoms with E-state index in [9.17, 15) is 4.79 Å². The van der Waals surface area contributed by atoms with Gasteiger partial charge in [0.05, 0.1) is 17.5 Å². The van der Waals surface area contributed by atoms with Crippen LogP contribution in [0, 0.1) is 0 Å². The third-order valence-electron chi connectivity index (χ3n) is 4.98. The number of benzene rings is 2. The van der Waals surface area contributed by atoms with E-state index in [1.165, 1.54) is 30.2 Å². The van der Waals surface area contributed by atoms with Crippen molar-refractivity contribution in [1.29, 1.82) is 0 Å². The Labute approximate surface area is 169 Å². The maximum absolute atomic E-state index is 12.7. The molecule has 0 radical (unpaired) electrons. The number of nitrogens with zero attached hydrogens (tertiary/aromatic N) is 2. The van der Waals surface area contributed by atoms with E-state index in [4.69, 9.17) is 0 Å². The third-order valence-corrected chi connectivity index (χ3v) is 5.92. The van der Waals surface area contributed by atoms with Crippen molar-refractivity contribution in [2.45, 2.75) is 6.42 Å². The molecule has 28 heavy (non-hydrogen) atoms. The van der Waals surface area contributed by atoms with E-state index in [0.29, 0.717) is 5.56 Å². The first-order chi connectivity index (χ1) is 13.8. The lowest BCUT2D eigenvalue weighted by Gasteiger charge is -2.26. The van der Waals surface area contributed by atoms with Crippen LogP contribution in [0.1, 0.15) is 15.9 Å². The van der Waals surface area contributed by atoms with Gasteiger partial charge in [0.2, 0.25) is 0 Å². The number of amides is 1. The highest BCUT2D eigenvalue weighted by Gasteiger charge is 2.15. The third kappa shape index (κ3) is 4.64. The maximum atomic E-state index is 12.7. The molecular formula is C22H24N4OS. The van der Waals surface area contributed by atoms with Gasteiger partial charge in [0, 0.05) is 42.4 Å². The van der Waals surface area contributed by atoms with Gasteiger partial charge in [-0.15, -0.1) is 0 Å². The summed E-state index contributed by atoms with van der Waals surface area (Å²) in [6.07, 6.45) is 2.61. The highest BCUT2D eigenvalue weighted by Crippen LogP contribution is 2.22. The minimum Gasteiger partial charge on any atom is -0.322 e. The molecule has 4 rings (SSSR count). The van der Waals surface area contributed by atoms with Crippen LogP contribution in [0.25, 0.3) is 11.3 Å². The van der Waals surface area contributed by atoms with Crippen LogP contribution in [0.15, 0.2) is 60.8 Å². The Hall–Kier alpha value is -2.57. The fraction of sp³-hybridized carbons (Fsp3) is 0.273. The van der Waals surface area contributed by atoms with Crippen LogP contribution in [0.4, 0.5) is 5.69 Å². The van der Waals surface area contributed by atoms with Crippen LogP contribution < -0.4 is 5.32 Å². The van der Waals surface area contributed by atoms with Gasteiger partial charge in [0.15, 0.2) is 0 Å². The van der Waals surface area contributed by atoms with Gasteiger partial charge in [0.1, 0.15) is 0 Å². The topological polar surface area (TPSA) is 61.0 Å². The predicted molar refractivity (Wildman–Crippen MR) is 116 cm³/mol. The van der Waals surface area contributed by atoms with Gasteiger partial charge in [-0.1, -0.05) is 42.5 Å². The van der Waals surface area contributed by atoms with Crippen LogP contribution in [0.5, 0.6) is 0 Å². The zero-order chi connectivity index (χ0) is 19.2. The fourth-order valence-corrected chi connectivity index (χ4v) is 4.33. The van der Waals surface area contributed by atoms with E-state index in [-0.39, 0.29) is 5.91 Å². The lowest BCUT2D eigenvalue weighted by atomic mass is 10.1. The Morgan fingerprint density at radius 2 is 1.82 bits per heavy atom. The van der Waals surface area contributed by atoms with Crippen LogP contribution in [-0.2, 0) is 6.42 Å². The number of aromatic nitrogens is 2. The molecule has 1 amide bonds. The first-order valence-electron chi connectivity index (χ1n) is 9.59. The summed E-state index contributed by atoms with van der Waals surface area (Å²) in [6.45, 7) is 3.47. The average Bonchev–Trinajstić information content (AvgIpc) is 3.25. The van der Waals surface area contributed by atoms with Gasteiger partial charge in [-0.25, -0.2) is 0 Å². The van der Waals surface area contributed by atoms with Crippen molar-refractivity contribution in [3.63, 3.8) is 0 Å². The standard InChI is InChI=1S/C22H24N4OS/c27-22(20-16-23-25-21(20)18-4-2-1-3-5-18)24-19-8-6-17(7-9-19)10-11-26-12-14-28-15-13-26/h1-9,16H,10-15H2,(H,23,25)(H,24,27). The number of thioether (sulfide) groups is 1. The average molecular weight is 393 g/mol. The summed E-state index contributed by atoms with van der Waals surface area (Å²) in [5.74, 6) is 2.32. The number of anilines is 1. The molecule has 1 aliphatic rings. The molecule has 5 nitrogen and oxygen atoms in total. The van der Waals surface area contributed by atoms with E-state index in [2.05, 4.69) is 32.5 Å². The molecule has 3 aromatic rings. The summed E-state index contributed by atoms with van der Waals surface area (Å²) in [6, 6.07) is 17.9. The first kappa shape index (κ1) is 18.8. The van der Waals surface area contributed by atoms with Crippen LogP contribution in [0.3, 0.4) is 0 Å². The number of aromatic amines is 1. The van der Waals surface area contributed by atoms with Crippen molar-refractivity contribution in [2.24, 2.45) is 0 Å². The number of H-pyrrole nitrogens is 1. The molecular weight excluding hydrogens is 368 g/mol. The first-order valence-corrected chi connectivity index (χ1v) is 10.7. The highest BCUT2D eigenvalue weighted by atomic mass is 32.2. The molecule has 0 saturated carbocycles. The molecule has 2 heterocycles. The van der Waals surface area contributed by atoms with E-state index in [0.717, 1.165) is 29.9 Å². The Kier molecular flexibility index (Phi) is 6.09. The second kappa shape index (κ2) is 9.08. The minimum absolute atomic E-state index is 0.161.